The third-order valence-corrected chi connectivity index (χ3v) is 6.75. The number of ether oxygens (including phenoxy) is 1. The molecule has 8 heteroatoms. The highest BCUT2D eigenvalue weighted by atomic mass is 35.5. The zero-order valence-corrected chi connectivity index (χ0v) is 18.0. The standard InChI is InChI=1S/C20H25ClN2O4S/c1-5-23(6-2)28(25,26)19-13-16(10-11-18(19)27-4)20(24)22-14(3)15-8-7-9-17(21)12-15/h7-14H,5-6H2,1-4H3,(H,22,24). The lowest BCUT2D eigenvalue weighted by Crippen LogP contribution is -2.31. The van der Waals surface area contributed by atoms with Gasteiger partial charge >= 0.3 is 0 Å². The molecule has 0 heterocycles. The smallest absolute Gasteiger partial charge is 0.251 e. The minimum atomic E-state index is -3.78. The Morgan fingerprint density at radius 2 is 1.86 bits per heavy atom. The highest BCUT2D eigenvalue weighted by Gasteiger charge is 2.27. The first-order valence-corrected chi connectivity index (χ1v) is 10.8. The fraction of sp³-hybridized carbons (Fsp3) is 0.350. The van der Waals surface area contributed by atoms with Gasteiger partial charge in [-0.25, -0.2) is 8.42 Å². The van der Waals surface area contributed by atoms with Gasteiger partial charge in [0.15, 0.2) is 0 Å². The van der Waals surface area contributed by atoms with Crippen molar-refractivity contribution in [2.45, 2.75) is 31.7 Å². The molecule has 1 unspecified atom stereocenters. The Morgan fingerprint density at radius 1 is 1.18 bits per heavy atom. The number of hydrogen-bond donors (Lipinski definition) is 1. The number of benzene rings is 2. The maximum Gasteiger partial charge on any atom is 0.251 e. The number of rotatable bonds is 8. The minimum Gasteiger partial charge on any atom is -0.495 e. The molecule has 0 bridgehead atoms. The molecule has 0 saturated carbocycles. The summed E-state index contributed by atoms with van der Waals surface area (Å²) >= 11 is 6.01. The molecule has 1 amide bonds. The second-order valence-electron chi connectivity index (χ2n) is 6.21. The van der Waals surface area contributed by atoms with Gasteiger partial charge in [-0.05, 0) is 42.8 Å². The van der Waals surface area contributed by atoms with Crippen molar-refractivity contribution in [2.24, 2.45) is 0 Å². The molecule has 152 valence electrons. The van der Waals surface area contributed by atoms with Crippen LogP contribution in [0.3, 0.4) is 0 Å². The van der Waals surface area contributed by atoms with Crippen LogP contribution in [0.2, 0.25) is 5.02 Å². The molecular formula is C20H25ClN2O4S. The predicted octanol–water partition coefficient (Wildman–Crippen LogP) is 3.87. The quantitative estimate of drug-likeness (QED) is 0.697. The molecule has 2 aromatic rings. The fourth-order valence-corrected chi connectivity index (χ4v) is 4.70. The molecule has 6 nitrogen and oxygen atoms in total. The summed E-state index contributed by atoms with van der Waals surface area (Å²) in [5, 5.41) is 3.45. The van der Waals surface area contributed by atoms with Crippen LogP contribution in [0.4, 0.5) is 0 Å². The summed E-state index contributed by atoms with van der Waals surface area (Å²) in [6.45, 7) is 6.00. The van der Waals surface area contributed by atoms with Crippen LogP contribution < -0.4 is 10.1 Å². The van der Waals surface area contributed by atoms with Gasteiger partial charge < -0.3 is 10.1 Å². The minimum absolute atomic E-state index is 0.0261. The van der Waals surface area contributed by atoms with E-state index in [-0.39, 0.29) is 28.2 Å². The van der Waals surface area contributed by atoms with E-state index in [0.29, 0.717) is 18.1 Å². The fourth-order valence-electron chi connectivity index (χ4n) is 2.86. The Morgan fingerprint density at radius 3 is 2.43 bits per heavy atom. The molecule has 0 aromatic heterocycles. The normalized spacial score (nSPS) is 12.6. The average Bonchev–Trinajstić information content (AvgIpc) is 2.68. The van der Waals surface area contributed by atoms with E-state index >= 15 is 0 Å². The van der Waals surface area contributed by atoms with Crippen LogP contribution in [-0.2, 0) is 10.0 Å². The van der Waals surface area contributed by atoms with Crippen LogP contribution in [0.5, 0.6) is 5.75 Å². The van der Waals surface area contributed by atoms with E-state index in [1.165, 1.54) is 23.5 Å². The van der Waals surface area contributed by atoms with Crippen LogP contribution in [0.1, 0.15) is 42.7 Å². The molecule has 1 N–H and O–H groups in total. The van der Waals surface area contributed by atoms with Gasteiger partial charge in [0, 0.05) is 23.7 Å². The average molecular weight is 425 g/mol. The zero-order chi connectivity index (χ0) is 20.9. The van der Waals surface area contributed by atoms with E-state index in [9.17, 15) is 13.2 Å². The Bertz CT molecular complexity index is 943. The first kappa shape index (κ1) is 22.2. The van der Waals surface area contributed by atoms with Gasteiger partial charge in [-0.2, -0.15) is 4.31 Å². The number of carbonyl (C=O) groups is 1. The van der Waals surface area contributed by atoms with Crippen molar-refractivity contribution in [2.75, 3.05) is 20.2 Å². The first-order valence-electron chi connectivity index (χ1n) is 8.99. The van der Waals surface area contributed by atoms with E-state index < -0.39 is 10.0 Å². The third kappa shape index (κ3) is 4.84. The van der Waals surface area contributed by atoms with Gasteiger partial charge in [0.05, 0.1) is 13.2 Å². The van der Waals surface area contributed by atoms with Crippen LogP contribution in [-0.4, -0.2) is 38.8 Å². The summed E-state index contributed by atoms with van der Waals surface area (Å²) in [6, 6.07) is 11.3. The third-order valence-electron chi connectivity index (χ3n) is 4.45. The molecule has 0 fully saturated rings. The molecule has 0 saturated heterocycles. The summed E-state index contributed by atoms with van der Waals surface area (Å²) in [4.78, 5) is 12.7. The first-order chi connectivity index (χ1) is 13.2. The van der Waals surface area contributed by atoms with E-state index in [1.807, 2.05) is 19.1 Å². The Balaban J connectivity index is 2.35. The molecule has 0 radical (unpaired) electrons. The molecule has 1 atom stereocenters. The molecule has 0 aliphatic rings. The Labute approximate surface area is 171 Å². The van der Waals surface area contributed by atoms with Crippen molar-refractivity contribution in [3.63, 3.8) is 0 Å². The number of sulfonamides is 1. The summed E-state index contributed by atoms with van der Waals surface area (Å²) in [7, 11) is -2.37. The lowest BCUT2D eigenvalue weighted by molar-refractivity contribution is 0.0939. The summed E-state index contributed by atoms with van der Waals surface area (Å²) in [5.74, 6) is -0.183. The van der Waals surface area contributed by atoms with Gasteiger partial charge in [-0.1, -0.05) is 37.6 Å². The van der Waals surface area contributed by atoms with Crippen molar-refractivity contribution in [3.05, 3.63) is 58.6 Å². The van der Waals surface area contributed by atoms with Crippen LogP contribution >= 0.6 is 11.6 Å². The van der Waals surface area contributed by atoms with Crippen molar-refractivity contribution in [1.29, 1.82) is 0 Å². The van der Waals surface area contributed by atoms with E-state index in [2.05, 4.69) is 5.32 Å². The Hall–Kier alpha value is -2.09. The van der Waals surface area contributed by atoms with E-state index in [0.717, 1.165) is 5.56 Å². The van der Waals surface area contributed by atoms with Crippen molar-refractivity contribution in [1.82, 2.24) is 9.62 Å². The van der Waals surface area contributed by atoms with Gasteiger partial charge in [0.25, 0.3) is 5.91 Å². The van der Waals surface area contributed by atoms with Crippen LogP contribution in [0.25, 0.3) is 0 Å². The maximum atomic E-state index is 12.9. The lowest BCUT2D eigenvalue weighted by atomic mass is 10.1. The summed E-state index contributed by atoms with van der Waals surface area (Å²) in [6.07, 6.45) is 0. The van der Waals surface area contributed by atoms with E-state index in [1.54, 1.807) is 32.0 Å². The zero-order valence-electron chi connectivity index (χ0n) is 16.4. The number of nitrogens with zero attached hydrogens (tertiary/aromatic N) is 1. The largest absolute Gasteiger partial charge is 0.495 e. The molecule has 2 rings (SSSR count). The predicted molar refractivity (Wildman–Crippen MR) is 110 cm³/mol. The number of carbonyl (C=O) groups excluding carboxylic acids is 1. The van der Waals surface area contributed by atoms with Gasteiger partial charge in [0.1, 0.15) is 10.6 Å². The number of hydrogen-bond acceptors (Lipinski definition) is 4. The molecule has 0 spiro atoms. The van der Waals surface area contributed by atoms with Crippen molar-refractivity contribution < 1.29 is 17.9 Å². The molecular weight excluding hydrogens is 400 g/mol. The number of nitrogens with one attached hydrogen (secondary N) is 1. The van der Waals surface area contributed by atoms with Crippen LogP contribution in [0, 0.1) is 0 Å². The molecule has 2 aromatic carbocycles. The molecule has 28 heavy (non-hydrogen) atoms. The number of halogens is 1. The van der Waals surface area contributed by atoms with Crippen molar-refractivity contribution >= 4 is 27.5 Å². The Kier molecular flexibility index (Phi) is 7.46. The summed E-state index contributed by atoms with van der Waals surface area (Å²) in [5.41, 5.74) is 1.09. The second kappa shape index (κ2) is 9.41. The number of methoxy groups -OCH3 is 1. The maximum absolute atomic E-state index is 12.9. The van der Waals surface area contributed by atoms with Crippen LogP contribution in [0.15, 0.2) is 47.4 Å². The SMILES string of the molecule is CCN(CC)S(=O)(=O)c1cc(C(=O)NC(C)c2cccc(Cl)c2)ccc1OC. The van der Waals surface area contributed by atoms with Gasteiger partial charge in [-0.15, -0.1) is 0 Å². The van der Waals surface area contributed by atoms with Gasteiger partial charge in [0.2, 0.25) is 10.0 Å². The highest BCUT2D eigenvalue weighted by Crippen LogP contribution is 2.28. The highest BCUT2D eigenvalue weighted by molar-refractivity contribution is 7.89. The number of amides is 1. The second-order valence-corrected chi connectivity index (χ2v) is 8.55. The topological polar surface area (TPSA) is 75.7 Å². The summed E-state index contributed by atoms with van der Waals surface area (Å²) < 4.78 is 32.4. The molecule has 0 aliphatic carbocycles. The van der Waals surface area contributed by atoms with Crippen molar-refractivity contribution in [3.8, 4) is 5.75 Å². The van der Waals surface area contributed by atoms with E-state index in [4.69, 9.17) is 16.3 Å². The monoisotopic (exact) mass is 424 g/mol. The lowest BCUT2D eigenvalue weighted by Gasteiger charge is -2.21. The van der Waals surface area contributed by atoms with Gasteiger partial charge in [-0.3, -0.25) is 4.79 Å². The molecule has 0 aliphatic heterocycles.